The van der Waals surface area contributed by atoms with Crippen molar-refractivity contribution in [3.8, 4) is 0 Å². The molecule has 1 aromatic heterocycles. The van der Waals surface area contributed by atoms with Crippen molar-refractivity contribution < 1.29 is 4.42 Å². The zero-order valence-corrected chi connectivity index (χ0v) is 43.4. The summed E-state index contributed by atoms with van der Waals surface area (Å²) in [6.45, 7) is 15.8. The molecule has 11 unspecified atom stereocenters. The molecule has 0 fully saturated rings. The summed E-state index contributed by atoms with van der Waals surface area (Å²) in [7, 11) is 0. The van der Waals surface area contributed by atoms with Gasteiger partial charge in [-0.05, 0) is 159 Å². The highest BCUT2D eigenvalue weighted by Crippen LogP contribution is 2.70. The number of rotatable bonds is 7. The summed E-state index contributed by atoms with van der Waals surface area (Å²) in [5.41, 5.74) is 18.4. The second-order valence-corrected chi connectivity index (χ2v) is 24.2. The molecule has 0 saturated carbocycles. The van der Waals surface area contributed by atoms with Crippen LogP contribution < -0.4 is 9.80 Å². The Labute approximate surface area is 426 Å². The van der Waals surface area contributed by atoms with E-state index >= 15 is 0 Å². The fourth-order valence-corrected chi connectivity index (χ4v) is 17.8. The molecule has 11 atom stereocenters. The molecule has 14 rings (SSSR count). The molecule has 0 radical (unpaired) electrons. The zero-order chi connectivity index (χ0) is 47.9. The highest BCUT2D eigenvalue weighted by atomic mass is 32.2. The third-order valence-electron chi connectivity index (χ3n) is 19.2. The first kappa shape index (κ1) is 44.2. The summed E-state index contributed by atoms with van der Waals surface area (Å²) in [4.78, 5) is 10.6. The van der Waals surface area contributed by atoms with Crippen molar-refractivity contribution in [3.05, 3.63) is 195 Å². The van der Waals surface area contributed by atoms with Crippen molar-refractivity contribution in [2.24, 2.45) is 35.0 Å². The Morgan fingerprint density at radius 3 is 2.58 bits per heavy atom. The predicted octanol–water partition coefficient (Wildman–Crippen LogP) is 16.4. The molecule has 0 spiro atoms. The highest BCUT2D eigenvalue weighted by molar-refractivity contribution is 8.04. The second kappa shape index (κ2) is 16.5. The topological polar surface area (TPSA) is 22.9 Å². The lowest BCUT2D eigenvalue weighted by atomic mass is 9.47. The first-order valence-electron chi connectivity index (χ1n) is 27.4. The van der Waals surface area contributed by atoms with Gasteiger partial charge in [-0.2, -0.15) is 0 Å². The molecule has 5 aliphatic carbocycles. The molecule has 0 saturated heterocycles. The molecule has 5 heteroatoms. The van der Waals surface area contributed by atoms with E-state index in [0.717, 1.165) is 43.4 Å². The zero-order valence-electron chi connectivity index (χ0n) is 42.6. The van der Waals surface area contributed by atoms with Crippen LogP contribution in [0.2, 0.25) is 0 Å². The van der Waals surface area contributed by atoms with Gasteiger partial charge in [-0.3, -0.25) is 4.90 Å². The Morgan fingerprint density at radius 2 is 1.76 bits per heavy atom. The smallest absolute Gasteiger partial charge is 0.135 e. The lowest BCUT2D eigenvalue weighted by Crippen LogP contribution is -2.73. The van der Waals surface area contributed by atoms with Crippen LogP contribution in [0.3, 0.4) is 0 Å². The SMILES string of the molecule is C/C=C\C1=C(C)C2C=CC(C)CN2C2(CC)C(C3C4=C(C5C=C(c6ccc7oc8ccccc8c7c6)C=CC5S4)C4N(C5=C(C6CC=CCC6)CC(C)CC5C5=CC=CCC5)c5ccccc5N34)=CC12C. The minimum absolute atomic E-state index is 0.0764. The summed E-state index contributed by atoms with van der Waals surface area (Å²) >= 11 is 2.20. The summed E-state index contributed by atoms with van der Waals surface area (Å²) < 4.78 is 6.36. The average molecular weight is 952 g/mol. The molecular formula is C66H69N3OS. The van der Waals surface area contributed by atoms with Crippen LogP contribution in [0, 0.1) is 35.0 Å². The van der Waals surface area contributed by atoms with Crippen LogP contribution in [-0.2, 0) is 0 Å². The number of furan rings is 1. The van der Waals surface area contributed by atoms with Crippen LogP contribution in [0.1, 0.15) is 98.5 Å². The Bertz CT molecular complexity index is 3290. The molecule has 360 valence electrons. The van der Waals surface area contributed by atoms with E-state index in [-0.39, 0.29) is 29.1 Å². The summed E-state index contributed by atoms with van der Waals surface area (Å²) in [5.74, 6) is 2.36. The monoisotopic (exact) mass is 952 g/mol. The van der Waals surface area contributed by atoms with Crippen molar-refractivity contribution in [2.45, 2.75) is 122 Å². The van der Waals surface area contributed by atoms with E-state index < -0.39 is 0 Å². The maximum Gasteiger partial charge on any atom is 0.135 e. The Kier molecular flexibility index (Phi) is 10.3. The number of hydrogen-bond acceptors (Lipinski definition) is 5. The fourth-order valence-electron chi connectivity index (χ4n) is 16.2. The first-order valence-corrected chi connectivity index (χ1v) is 28.2. The Balaban J connectivity index is 1.00. The molecule has 0 N–H and O–H groups in total. The van der Waals surface area contributed by atoms with Crippen LogP contribution in [0.25, 0.3) is 27.5 Å². The second-order valence-electron chi connectivity index (χ2n) is 23.0. The van der Waals surface area contributed by atoms with Crippen molar-refractivity contribution in [1.82, 2.24) is 4.90 Å². The van der Waals surface area contributed by atoms with Gasteiger partial charge in [0, 0.05) is 50.4 Å². The average Bonchev–Trinajstić information content (AvgIpc) is 4.14. The summed E-state index contributed by atoms with van der Waals surface area (Å²) in [5, 5.41) is 2.72. The fraction of sp³-hybridized carbons (Fsp3) is 0.394. The molecule has 5 aliphatic heterocycles. The number of allylic oxidation sites excluding steroid dienone is 12. The maximum atomic E-state index is 6.36. The third-order valence-corrected chi connectivity index (χ3v) is 20.6. The quantitative estimate of drug-likeness (QED) is 0.172. The maximum absolute atomic E-state index is 6.36. The van der Waals surface area contributed by atoms with Crippen molar-refractivity contribution in [3.63, 3.8) is 0 Å². The number of benzene rings is 3. The number of para-hydroxylation sites is 3. The number of hydrogen-bond donors (Lipinski definition) is 0. The molecular weight excluding hydrogens is 883 g/mol. The van der Waals surface area contributed by atoms with Gasteiger partial charge in [0.2, 0.25) is 0 Å². The van der Waals surface area contributed by atoms with Gasteiger partial charge in [0.15, 0.2) is 0 Å². The molecule has 10 aliphatic rings. The summed E-state index contributed by atoms with van der Waals surface area (Å²) in [6.07, 6.45) is 42.0. The van der Waals surface area contributed by atoms with Gasteiger partial charge in [0.05, 0.1) is 29.0 Å². The molecule has 3 aromatic carbocycles. The van der Waals surface area contributed by atoms with E-state index in [1.165, 1.54) is 70.1 Å². The normalized spacial score (nSPS) is 35.0. The first-order chi connectivity index (χ1) is 34.7. The van der Waals surface area contributed by atoms with Crippen LogP contribution in [0.5, 0.6) is 0 Å². The van der Waals surface area contributed by atoms with Crippen LogP contribution in [-0.4, -0.2) is 40.5 Å². The van der Waals surface area contributed by atoms with Gasteiger partial charge < -0.3 is 14.2 Å². The number of anilines is 2. The van der Waals surface area contributed by atoms with Crippen LogP contribution in [0.15, 0.2) is 194 Å². The van der Waals surface area contributed by atoms with E-state index in [1.54, 1.807) is 32.9 Å². The van der Waals surface area contributed by atoms with Gasteiger partial charge in [-0.1, -0.05) is 142 Å². The predicted molar refractivity (Wildman–Crippen MR) is 299 cm³/mol. The minimum Gasteiger partial charge on any atom is -0.456 e. The molecule has 6 heterocycles. The molecule has 0 amide bonds. The van der Waals surface area contributed by atoms with Gasteiger partial charge >= 0.3 is 0 Å². The van der Waals surface area contributed by atoms with Crippen molar-refractivity contribution in [2.75, 3.05) is 16.3 Å². The van der Waals surface area contributed by atoms with Crippen LogP contribution >= 0.6 is 11.8 Å². The van der Waals surface area contributed by atoms with Gasteiger partial charge in [-0.15, -0.1) is 11.8 Å². The summed E-state index contributed by atoms with van der Waals surface area (Å²) in [6, 6.07) is 25.5. The molecule has 71 heavy (non-hydrogen) atoms. The van der Waals surface area contributed by atoms with Crippen molar-refractivity contribution in [1.29, 1.82) is 0 Å². The van der Waals surface area contributed by atoms with E-state index in [0.29, 0.717) is 35.0 Å². The lowest BCUT2D eigenvalue weighted by molar-refractivity contribution is -0.0209. The van der Waals surface area contributed by atoms with Gasteiger partial charge in [0.25, 0.3) is 0 Å². The van der Waals surface area contributed by atoms with Crippen LogP contribution in [0.4, 0.5) is 11.4 Å². The number of fused-ring (bicyclic) bond motifs is 12. The van der Waals surface area contributed by atoms with E-state index in [9.17, 15) is 0 Å². The molecule has 4 nitrogen and oxygen atoms in total. The molecule has 0 bridgehead atoms. The number of thioether (sulfide) groups is 1. The number of nitrogens with zero attached hydrogens (tertiary/aromatic N) is 3. The lowest BCUT2D eigenvalue weighted by Gasteiger charge is -2.69. The Morgan fingerprint density at radius 1 is 0.915 bits per heavy atom. The van der Waals surface area contributed by atoms with E-state index in [1.807, 2.05) is 0 Å². The van der Waals surface area contributed by atoms with E-state index in [4.69, 9.17) is 4.42 Å². The minimum atomic E-state index is -0.139. The standard InChI is InChI=1S/C66H69N3OS/c1-7-19-52-42(5)54-31-28-40(3)39-67(54)66(8-2)53(38-65(52,66)6)62-63-60(51-37-46(30-33-59(51)71-63)45-29-32-58-50(36-45)47-24-15-18-27-57(47)70-58)64-68(55-25-16-17-26-56(55)69(62)64)61-48(43-20-11-9-12-21-43)34-41(4)35-49(61)44-22-13-10-14-23-44/h7,9-11,13,15-20,24-33,36-38,40-41,44,48,51,54,59,62,64H,8,12,14,21-23,34-35,39H2,1-6H3/b19-7-. The van der Waals surface area contributed by atoms with Crippen molar-refractivity contribution >= 4 is 50.6 Å². The Hall–Kier alpha value is -5.49. The van der Waals surface area contributed by atoms with Gasteiger partial charge in [0.1, 0.15) is 17.3 Å². The third kappa shape index (κ3) is 6.21. The van der Waals surface area contributed by atoms with E-state index in [2.05, 4.69) is 214 Å². The van der Waals surface area contributed by atoms with Gasteiger partial charge in [-0.25, -0.2) is 0 Å². The molecule has 4 aromatic rings. The highest BCUT2D eigenvalue weighted by Gasteiger charge is 2.69. The largest absolute Gasteiger partial charge is 0.456 e.